The predicted octanol–water partition coefficient (Wildman–Crippen LogP) is 4.48. The lowest BCUT2D eigenvalue weighted by molar-refractivity contribution is 0.0291. The average Bonchev–Trinajstić information content (AvgIpc) is 2.76. The van der Waals surface area contributed by atoms with Gasteiger partial charge in [-0.1, -0.05) is 42.5 Å². The van der Waals surface area contributed by atoms with Gasteiger partial charge in [0.15, 0.2) is 0 Å². The second-order valence-electron chi connectivity index (χ2n) is 7.44. The van der Waals surface area contributed by atoms with Gasteiger partial charge >= 0.3 is 5.97 Å². The van der Waals surface area contributed by atoms with E-state index in [0.29, 0.717) is 17.8 Å². The zero-order chi connectivity index (χ0) is 21.3. The summed E-state index contributed by atoms with van der Waals surface area (Å²) in [6.45, 7) is 2.56. The minimum absolute atomic E-state index is 0.137. The van der Waals surface area contributed by atoms with E-state index in [1.54, 1.807) is 42.5 Å². The Kier molecular flexibility index (Phi) is 7.46. The molecule has 0 aliphatic rings. The third kappa shape index (κ3) is 6.36. The molecule has 4 N–H and O–H groups in total. The van der Waals surface area contributed by atoms with E-state index in [1.807, 2.05) is 24.3 Å². The molecule has 0 aliphatic heterocycles. The fraction of sp³-hybridized carbons (Fsp3) is 0.240. The lowest BCUT2D eigenvalue weighted by Crippen LogP contribution is -2.32. The Morgan fingerprint density at radius 2 is 1.77 bits per heavy atom. The molecule has 0 radical (unpaired) electrons. The number of ether oxygens (including phenoxy) is 1. The molecule has 0 bridgehead atoms. The number of hydrogen-bond acceptors (Lipinski definition) is 5. The van der Waals surface area contributed by atoms with Crippen LogP contribution in [0.3, 0.4) is 0 Å². The fourth-order valence-corrected chi connectivity index (χ4v) is 3.21. The van der Waals surface area contributed by atoms with Gasteiger partial charge in [-0.15, -0.1) is 0 Å². The number of nitrogens with two attached hydrogens (primary N) is 1. The minimum Gasteiger partial charge on any atom is -0.508 e. The Labute approximate surface area is 177 Å². The van der Waals surface area contributed by atoms with Gasteiger partial charge in [0.1, 0.15) is 11.9 Å². The average molecular weight is 405 g/mol. The molecule has 3 aromatic rings. The minimum atomic E-state index is -0.527. The van der Waals surface area contributed by atoms with E-state index in [0.717, 1.165) is 18.4 Å². The number of hydrogen-bond donors (Lipinski definition) is 3. The first-order valence-corrected chi connectivity index (χ1v) is 10.1. The van der Waals surface area contributed by atoms with E-state index >= 15 is 0 Å². The number of aromatic hydroxyl groups is 1. The van der Waals surface area contributed by atoms with E-state index in [-0.39, 0.29) is 11.8 Å². The van der Waals surface area contributed by atoms with Gasteiger partial charge in [-0.2, -0.15) is 0 Å². The van der Waals surface area contributed by atoms with Crippen molar-refractivity contribution in [3.8, 4) is 5.75 Å². The number of phenolic OH excluding ortho intramolecular Hbond substituents is 1. The number of nitrogen functional groups attached to an aromatic ring is 1. The van der Waals surface area contributed by atoms with Crippen molar-refractivity contribution in [1.82, 2.24) is 5.32 Å². The van der Waals surface area contributed by atoms with Crippen LogP contribution in [-0.4, -0.2) is 23.7 Å². The second kappa shape index (κ2) is 10.5. The maximum Gasteiger partial charge on any atom is 0.338 e. The van der Waals surface area contributed by atoms with Crippen LogP contribution < -0.4 is 11.1 Å². The number of anilines is 1. The summed E-state index contributed by atoms with van der Waals surface area (Å²) >= 11 is 0. The quantitative estimate of drug-likeness (QED) is 0.362. The molecule has 0 amide bonds. The van der Waals surface area contributed by atoms with Gasteiger partial charge in [0.2, 0.25) is 0 Å². The molecule has 0 saturated carbocycles. The monoisotopic (exact) mass is 404 g/mol. The summed E-state index contributed by atoms with van der Waals surface area (Å²) in [5.74, 6) is -0.291. The standard InChI is InChI=1S/C25H28N2O3/c1-18(10-11-19-6-3-2-4-7-19)27-17-24(21-8-5-9-23(28)16-21)30-25(29)20-12-14-22(26)15-13-20/h2-9,12-16,18,24,27-28H,10-11,17,26H2,1H3. The molecule has 0 saturated heterocycles. The van der Waals surface area contributed by atoms with Crippen LogP contribution in [0.4, 0.5) is 5.69 Å². The maximum atomic E-state index is 12.6. The van der Waals surface area contributed by atoms with Crippen LogP contribution in [0.1, 0.15) is 40.9 Å². The van der Waals surface area contributed by atoms with Crippen molar-refractivity contribution in [2.45, 2.75) is 31.9 Å². The molecule has 3 rings (SSSR count). The van der Waals surface area contributed by atoms with Gasteiger partial charge in [-0.05, 0) is 67.3 Å². The van der Waals surface area contributed by atoms with Gasteiger partial charge in [-0.3, -0.25) is 0 Å². The SMILES string of the molecule is CC(CCc1ccccc1)NCC(OC(=O)c1ccc(N)cc1)c1cccc(O)c1. The highest BCUT2D eigenvalue weighted by molar-refractivity contribution is 5.89. The molecule has 0 fully saturated rings. The van der Waals surface area contributed by atoms with E-state index in [9.17, 15) is 9.90 Å². The highest BCUT2D eigenvalue weighted by Gasteiger charge is 2.19. The van der Waals surface area contributed by atoms with Crippen molar-refractivity contribution in [2.75, 3.05) is 12.3 Å². The van der Waals surface area contributed by atoms with Crippen molar-refractivity contribution >= 4 is 11.7 Å². The third-order valence-electron chi connectivity index (χ3n) is 5.00. The molecule has 0 aromatic heterocycles. The molecule has 0 heterocycles. The Balaban J connectivity index is 1.63. The van der Waals surface area contributed by atoms with Crippen LogP contribution in [0.15, 0.2) is 78.9 Å². The van der Waals surface area contributed by atoms with Crippen molar-refractivity contribution in [3.05, 3.63) is 95.6 Å². The Morgan fingerprint density at radius 1 is 1.03 bits per heavy atom. The number of aryl methyl sites for hydroxylation is 1. The molecular weight excluding hydrogens is 376 g/mol. The molecule has 0 aliphatic carbocycles. The summed E-state index contributed by atoms with van der Waals surface area (Å²) in [6, 6.07) is 24.0. The first-order chi connectivity index (χ1) is 14.5. The van der Waals surface area contributed by atoms with Crippen molar-refractivity contribution in [1.29, 1.82) is 0 Å². The van der Waals surface area contributed by atoms with Gasteiger partial charge < -0.3 is 20.9 Å². The molecule has 2 unspecified atom stereocenters. The summed E-state index contributed by atoms with van der Waals surface area (Å²) in [4.78, 5) is 12.6. The second-order valence-corrected chi connectivity index (χ2v) is 7.44. The Morgan fingerprint density at radius 3 is 2.47 bits per heavy atom. The van der Waals surface area contributed by atoms with Crippen LogP contribution in [0, 0.1) is 0 Å². The van der Waals surface area contributed by atoms with Crippen molar-refractivity contribution in [2.24, 2.45) is 0 Å². The summed E-state index contributed by atoms with van der Waals surface area (Å²) in [5.41, 5.74) is 8.76. The van der Waals surface area contributed by atoms with E-state index in [1.165, 1.54) is 5.56 Å². The predicted molar refractivity (Wildman–Crippen MR) is 119 cm³/mol. The maximum absolute atomic E-state index is 12.6. The van der Waals surface area contributed by atoms with Crippen LogP contribution in [-0.2, 0) is 11.2 Å². The van der Waals surface area contributed by atoms with Crippen LogP contribution in [0.25, 0.3) is 0 Å². The summed E-state index contributed by atoms with van der Waals surface area (Å²) in [7, 11) is 0. The molecule has 0 spiro atoms. The number of phenols is 1. The largest absolute Gasteiger partial charge is 0.508 e. The topological polar surface area (TPSA) is 84.6 Å². The highest BCUT2D eigenvalue weighted by Crippen LogP contribution is 2.23. The summed E-state index contributed by atoms with van der Waals surface area (Å²) in [5, 5.41) is 13.3. The van der Waals surface area contributed by atoms with E-state index < -0.39 is 12.1 Å². The Bertz CT molecular complexity index is 942. The molecule has 30 heavy (non-hydrogen) atoms. The van der Waals surface area contributed by atoms with E-state index in [4.69, 9.17) is 10.5 Å². The number of nitrogens with one attached hydrogen (secondary N) is 1. The van der Waals surface area contributed by atoms with Crippen molar-refractivity contribution in [3.63, 3.8) is 0 Å². The lowest BCUT2D eigenvalue weighted by atomic mass is 10.1. The molecular formula is C25H28N2O3. The number of carbonyl (C=O) groups is 1. The van der Waals surface area contributed by atoms with Crippen molar-refractivity contribution < 1.29 is 14.6 Å². The molecule has 3 aromatic carbocycles. The van der Waals surface area contributed by atoms with Gasteiger partial charge in [0, 0.05) is 18.3 Å². The first-order valence-electron chi connectivity index (χ1n) is 10.1. The van der Waals surface area contributed by atoms with Gasteiger partial charge in [0.05, 0.1) is 5.56 Å². The number of benzene rings is 3. The van der Waals surface area contributed by atoms with Crippen LogP contribution in [0.5, 0.6) is 5.75 Å². The fourth-order valence-electron chi connectivity index (χ4n) is 3.21. The summed E-state index contributed by atoms with van der Waals surface area (Å²) < 4.78 is 5.78. The Hall–Kier alpha value is -3.31. The normalized spacial score (nSPS) is 12.8. The molecule has 5 nitrogen and oxygen atoms in total. The molecule has 2 atom stereocenters. The lowest BCUT2D eigenvalue weighted by Gasteiger charge is -2.22. The smallest absolute Gasteiger partial charge is 0.338 e. The number of esters is 1. The van der Waals surface area contributed by atoms with Crippen LogP contribution in [0.2, 0.25) is 0 Å². The highest BCUT2D eigenvalue weighted by atomic mass is 16.5. The zero-order valence-corrected chi connectivity index (χ0v) is 17.1. The number of carbonyl (C=O) groups excluding carboxylic acids is 1. The van der Waals surface area contributed by atoms with Gasteiger partial charge in [-0.25, -0.2) is 4.79 Å². The third-order valence-corrected chi connectivity index (χ3v) is 5.00. The zero-order valence-electron chi connectivity index (χ0n) is 17.1. The number of rotatable bonds is 9. The summed E-state index contributed by atoms with van der Waals surface area (Å²) in [6.07, 6.45) is 1.40. The molecule has 5 heteroatoms. The van der Waals surface area contributed by atoms with Gasteiger partial charge in [0.25, 0.3) is 0 Å². The first kappa shape index (κ1) is 21.4. The van der Waals surface area contributed by atoms with E-state index in [2.05, 4.69) is 24.4 Å². The van der Waals surface area contributed by atoms with Crippen LogP contribution >= 0.6 is 0 Å². The molecule has 156 valence electrons.